The summed E-state index contributed by atoms with van der Waals surface area (Å²) in [5.74, 6) is 1.77. The number of carbonyl (C=O) groups is 1. The highest BCUT2D eigenvalue weighted by molar-refractivity contribution is 5.97. The SMILES string of the molecule is Cc1nnc2n1CC(NC(=O)c1cnc3c(cnn3C(C)C)c1)CC2. The quantitative estimate of drug-likeness (QED) is 0.784. The minimum atomic E-state index is -0.106. The van der Waals surface area contributed by atoms with Crippen molar-refractivity contribution in [3.8, 4) is 0 Å². The standard InChI is InChI=1S/C17H21N7O/c1-10(2)24-16-12(8-19-24)6-13(7-18-16)17(25)20-14-4-5-15-22-21-11(3)23(15)9-14/h6-8,10,14H,4-5,9H2,1-3H3,(H,20,25). The lowest BCUT2D eigenvalue weighted by atomic mass is 10.1. The van der Waals surface area contributed by atoms with Gasteiger partial charge in [0.1, 0.15) is 11.6 Å². The fourth-order valence-electron chi connectivity index (χ4n) is 3.29. The molecule has 0 fully saturated rings. The van der Waals surface area contributed by atoms with Crippen LogP contribution in [0.1, 0.15) is 48.3 Å². The van der Waals surface area contributed by atoms with Crippen LogP contribution in [-0.4, -0.2) is 41.5 Å². The molecule has 1 aliphatic rings. The minimum Gasteiger partial charge on any atom is -0.347 e. The maximum atomic E-state index is 12.6. The van der Waals surface area contributed by atoms with Gasteiger partial charge in [-0.2, -0.15) is 5.10 Å². The molecule has 1 aliphatic heterocycles. The Hall–Kier alpha value is -2.77. The van der Waals surface area contributed by atoms with Gasteiger partial charge in [-0.25, -0.2) is 9.67 Å². The summed E-state index contributed by atoms with van der Waals surface area (Å²) in [4.78, 5) is 17.0. The zero-order chi connectivity index (χ0) is 17.6. The Morgan fingerprint density at radius 1 is 1.32 bits per heavy atom. The van der Waals surface area contributed by atoms with Crippen LogP contribution >= 0.6 is 0 Å². The van der Waals surface area contributed by atoms with E-state index >= 15 is 0 Å². The molecule has 4 rings (SSSR count). The molecule has 130 valence electrons. The number of nitrogens with one attached hydrogen (secondary N) is 1. The molecule has 25 heavy (non-hydrogen) atoms. The number of amides is 1. The monoisotopic (exact) mass is 339 g/mol. The largest absolute Gasteiger partial charge is 0.347 e. The molecule has 1 amide bonds. The summed E-state index contributed by atoms with van der Waals surface area (Å²) in [6.07, 6.45) is 5.07. The van der Waals surface area contributed by atoms with Gasteiger partial charge in [-0.15, -0.1) is 10.2 Å². The number of hydrogen-bond acceptors (Lipinski definition) is 5. The molecule has 1 atom stereocenters. The van der Waals surface area contributed by atoms with Crippen molar-refractivity contribution in [3.63, 3.8) is 0 Å². The summed E-state index contributed by atoms with van der Waals surface area (Å²) in [7, 11) is 0. The second-order valence-electron chi connectivity index (χ2n) is 6.80. The van der Waals surface area contributed by atoms with E-state index in [0.29, 0.717) is 12.1 Å². The van der Waals surface area contributed by atoms with E-state index in [9.17, 15) is 4.79 Å². The maximum Gasteiger partial charge on any atom is 0.253 e. The molecule has 8 nitrogen and oxygen atoms in total. The molecule has 0 bridgehead atoms. The Bertz CT molecular complexity index is 940. The van der Waals surface area contributed by atoms with E-state index in [1.807, 2.05) is 17.7 Å². The Balaban J connectivity index is 1.52. The van der Waals surface area contributed by atoms with Gasteiger partial charge in [-0.1, -0.05) is 0 Å². The first-order chi connectivity index (χ1) is 12.0. The van der Waals surface area contributed by atoms with Crippen LogP contribution in [0, 0.1) is 6.92 Å². The second kappa shape index (κ2) is 5.94. The van der Waals surface area contributed by atoms with Crippen LogP contribution in [0.4, 0.5) is 0 Å². The number of carbonyl (C=O) groups excluding carboxylic acids is 1. The highest BCUT2D eigenvalue weighted by atomic mass is 16.1. The fraction of sp³-hybridized carbons (Fsp3) is 0.471. The van der Waals surface area contributed by atoms with E-state index in [2.05, 4.69) is 44.0 Å². The molecule has 8 heteroatoms. The number of aromatic nitrogens is 6. The van der Waals surface area contributed by atoms with Crippen molar-refractivity contribution in [3.05, 3.63) is 35.7 Å². The first-order valence-corrected chi connectivity index (χ1v) is 8.55. The van der Waals surface area contributed by atoms with Crippen LogP contribution in [0.5, 0.6) is 0 Å². The van der Waals surface area contributed by atoms with Gasteiger partial charge < -0.3 is 9.88 Å². The highest BCUT2D eigenvalue weighted by Gasteiger charge is 2.23. The number of fused-ring (bicyclic) bond motifs is 2. The second-order valence-corrected chi connectivity index (χ2v) is 6.80. The molecule has 1 N–H and O–H groups in total. The number of pyridine rings is 1. The number of hydrogen-bond donors (Lipinski definition) is 1. The summed E-state index contributed by atoms with van der Waals surface area (Å²) in [6, 6.07) is 2.15. The molecular weight excluding hydrogens is 318 g/mol. The van der Waals surface area contributed by atoms with Gasteiger partial charge in [0.2, 0.25) is 0 Å². The molecule has 0 radical (unpaired) electrons. The number of nitrogens with zero attached hydrogens (tertiary/aromatic N) is 6. The van der Waals surface area contributed by atoms with E-state index < -0.39 is 0 Å². The molecule has 0 saturated heterocycles. The molecule has 0 spiro atoms. The Morgan fingerprint density at radius 2 is 2.16 bits per heavy atom. The van der Waals surface area contributed by atoms with Gasteiger partial charge >= 0.3 is 0 Å². The Morgan fingerprint density at radius 3 is 2.96 bits per heavy atom. The lowest BCUT2D eigenvalue weighted by Gasteiger charge is -2.24. The zero-order valence-corrected chi connectivity index (χ0v) is 14.6. The summed E-state index contributed by atoms with van der Waals surface area (Å²) in [5, 5.41) is 16.6. The van der Waals surface area contributed by atoms with Crippen LogP contribution < -0.4 is 5.32 Å². The van der Waals surface area contributed by atoms with E-state index in [1.54, 1.807) is 12.4 Å². The summed E-state index contributed by atoms with van der Waals surface area (Å²) in [5.41, 5.74) is 1.36. The van der Waals surface area contributed by atoms with E-state index in [1.165, 1.54) is 0 Å². The fourth-order valence-corrected chi connectivity index (χ4v) is 3.29. The first kappa shape index (κ1) is 15.7. The van der Waals surface area contributed by atoms with Gasteiger partial charge in [0.05, 0.1) is 11.8 Å². The van der Waals surface area contributed by atoms with Gasteiger partial charge in [-0.05, 0) is 33.3 Å². The summed E-state index contributed by atoms with van der Waals surface area (Å²) < 4.78 is 3.93. The van der Waals surface area contributed by atoms with Crippen molar-refractivity contribution in [2.75, 3.05) is 0 Å². The summed E-state index contributed by atoms with van der Waals surface area (Å²) >= 11 is 0. The zero-order valence-electron chi connectivity index (χ0n) is 14.6. The van der Waals surface area contributed by atoms with Gasteiger partial charge in [0, 0.05) is 36.6 Å². The van der Waals surface area contributed by atoms with Gasteiger partial charge in [0.15, 0.2) is 5.65 Å². The Labute approximate surface area is 145 Å². The normalized spacial score (nSPS) is 17.0. The maximum absolute atomic E-state index is 12.6. The average Bonchev–Trinajstić information content (AvgIpc) is 3.18. The van der Waals surface area contributed by atoms with E-state index in [0.717, 1.165) is 35.5 Å². The molecule has 4 heterocycles. The van der Waals surface area contributed by atoms with E-state index in [-0.39, 0.29) is 18.0 Å². The smallest absolute Gasteiger partial charge is 0.253 e. The van der Waals surface area contributed by atoms with Crippen molar-refractivity contribution in [2.24, 2.45) is 0 Å². The number of rotatable bonds is 3. The van der Waals surface area contributed by atoms with Crippen molar-refractivity contribution >= 4 is 16.9 Å². The van der Waals surface area contributed by atoms with Crippen LogP contribution in [0.25, 0.3) is 11.0 Å². The van der Waals surface area contributed by atoms with Gasteiger partial charge in [0.25, 0.3) is 5.91 Å². The molecule has 0 aliphatic carbocycles. The third kappa shape index (κ3) is 2.77. The lowest BCUT2D eigenvalue weighted by molar-refractivity contribution is 0.0927. The molecule has 1 unspecified atom stereocenters. The number of aryl methyl sites for hydroxylation is 2. The van der Waals surface area contributed by atoms with Crippen LogP contribution in [0.15, 0.2) is 18.5 Å². The third-order valence-corrected chi connectivity index (χ3v) is 4.65. The molecule has 3 aromatic rings. The molecule has 0 saturated carbocycles. The highest BCUT2D eigenvalue weighted by Crippen LogP contribution is 2.18. The van der Waals surface area contributed by atoms with Crippen LogP contribution in [-0.2, 0) is 13.0 Å². The van der Waals surface area contributed by atoms with Crippen LogP contribution in [0.2, 0.25) is 0 Å². The molecular formula is C17H21N7O. The van der Waals surface area contributed by atoms with Crippen molar-refractivity contribution in [1.29, 1.82) is 0 Å². The lowest BCUT2D eigenvalue weighted by Crippen LogP contribution is -2.41. The first-order valence-electron chi connectivity index (χ1n) is 8.55. The van der Waals surface area contributed by atoms with Gasteiger partial charge in [-0.3, -0.25) is 4.79 Å². The van der Waals surface area contributed by atoms with Crippen LogP contribution in [0.3, 0.4) is 0 Å². The Kier molecular flexibility index (Phi) is 3.74. The molecule has 0 aromatic carbocycles. The van der Waals surface area contributed by atoms with Crippen molar-refractivity contribution in [1.82, 2.24) is 34.8 Å². The predicted molar refractivity (Wildman–Crippen MR) is 92.2 cm³/mol. The van der Waals surface area contributed by atoms with Crippen molar-refractivity contribution in [2.45, 2.75) is 52.2 Å². The topological polar surface area (TPSA) is 90.5 Å². The molecule has 3 aromatic heterocycles. The third-order valence-electron chi connectivity index (χ3n) is 4.65. The minimum absolute atomic E-state index is 0.0729. The predicted octanol–water partition coefficient (Wildman–Crippen LogP) is 1.66. The summed E-state index contributed by atoms with van der Waals surface area (Å²) in [6.45, 7) is 6.75. The van der Waals surface area contributed by atoms with E-state index in [4.69, 9.17) is 0 Å². The van der Waals surface area contributed by atoms with Crippen molar-refractivity contribution < 1.29 is 4.79 Å². The average molecular weight is 339 g/mol.